The summed E-state index contributed by atoms with van der Waals surface area (Å²) in [6, 6.07) is 18.8. The van der Waals surface area contributed by atoms with Gasteiger partial charge >= 0.3 is 0 Å². The molecule has 0 aliphatic rings. The van der Waals surface area contributed by atoms with E-state index in [9.17, 15) is 14.9 Å². The van der Waals surface area contributed by atoms with Crippen molar-refractivity contribution < 1.29 is 23.8 Å². The van der Waals surface area contributed by atoms with Crippen LogP contribution in [0.4, 0.5) is 0 Å². The minimum absolute atomic E-state index is 0.175. The number of amides is 2. The van der Waals surface area contributed by atoms with Crippen LogP contribution in [0.5, 0.6) is 17.2 Å². The highest BCUT2D eigenvalue weighted by molar-refractivity contribution is 14.1. The smallest absolute Gasteiger partial charge is 0.262 e. The summed E-state index contributed by atoms with van der Waals surface area (Å²) in [5.41, 5.74) is 4.91. The molecule has 0 saturated heterocycles. The Kier molecular flexibility index (Phi) is 10.7. The van der Waals surface area contributed by atoms with E-state index in [2.05, 4.69) is 44.5 Å². The first-order valence-corrected chi connectivity index (χ1v) is 13.1. The molecule has 0 aromatic heterocycles. The molecule has 0 fully saturated rings. The van der Waals surface area contributed by atoms with Gasteiger partial charge in [0.15, 0.2) is 11.5 Å². The zero-order valence-electron chi connectivity index (χ0n) is 22.0. The molecular weight excluding hydrogens is 611 g/mol. The van der Waals surface area contributed by atoms with Gasteiger partial charge in [0.25, 0.3) is 11.8 Å². The predicted molar refractivity (Wildman–Crippen MR) is 156 cm³/mol. The number of nitrogens with zero attached hydrogens (tertiary/aromatic N) is 2. The lowest BCUT2D eigenvalue weighted by Crippen LogP contribution is -2.48. The van der Waals surface area contributed by atoms with Gasteiger partial charge in [0.05, 0.1) is 35.6 Å². The fourth-order valence-corrected chi connectivity index (χ4v) is 4.38. The number of carbonyl (C=O) groups excluding carboxylic acids is 2. The molecule has 39 heavy (non-hydrogen) atoms. The lowest BCUT2D eigenvalue weighted by atomic mass is 10.0. The van der Waals surface area contributed by atoms with Crippen molar-refractivity contribution in [3.63, 3.8) is 0 Å². The molecule has 0 bridgehead atoms. The quantitative estimate of drug-likeness (QED) is 0.179. The zero-order valence-corrected chi connectivity index (χ0v) is 24.2. The molecule has 9 nitrogen and oxygen atoms in total. The summed E-state index contributed by atoms with van der Waals surface area (Å²) in [4.78, 5) is 25.5. The maximum atomic E-state index is 12.8. The Hall–Kier alpha value is -4.11. The van der Waals surface area contributed by atoms with Crippen LogP contribution in [0, 0.1) is 20.8 Å². The molecule has 3 aromatic rings. The second kappa shape index (κ2) is 14.2. The van der Waals surface area contributed by atoms with Gasteiger partial charge in [-0.1, -0.05) is 32.0 Å². The van der Waals surface area contributed by atoms with Crippen LogP contribution in [0.1, 0.15) is 40.9 Å². The van der Waals surface area contributed by atoms with Crippen molar-refractivity contribution in [2.24, 2.45) is 11.0 Å². The molecule has 3 rings (SSSR count). The topological polar surface area (TPSA) is 122 Å². The molecule has 202 valence electrons. The first kappa shape index (κ1) is 29.4. The molecule has 10 heteroatoms. The summed E-state index contributed by atoms with van der Waals surface area (Å²) < 4.78 is 17.4. The van der Waals surface area contributed by atoms with Gasteiger partial charge in [0.1, 0.15) is 18.4 Å². The molecule has 0 saturated carbocycles. The number of hydrazone groups is 1. The maximum Gasteiger partial charge on any atom is 0.262 e. The van der Waals surface area contributed by atoms with E-state index in [0.29, 0.717) is 33.9 Å². The molecule has 2 amide bonds. The van der Waals surface area contributed by atoms with E-state index in [-0.39, 0.29) is 18.4 Å². The van der Waals surface area contributed by atoms with Gasteiger partial charge in [0, 0.05) is 11.1 Å². The summed E-state index contributed by atoms with van der Waals surface area (Å²) >= 11 is 2.13. The van der Waals surface area contributed by atoms with Crippen molar-refractivity contribution in [3.8, 4) is 23.3 Å². The van der Waals surface area contributed by atoms with Crippen molar-refractivity contribution in [2.45, 2.75) is 26.5 Å². The highest BCUT2D eigenvalue weighted by Gasteiger charge is 2.24. The average Bonchev–Trinajstić information content (AvgIpc) is 2.94. The summed E-state index contributed by atoms with van der Waals surface area (Å²) in [5, 5.41) is 16.2. The second-order valence-electron chi connectivity index (χ2n) is 8.75. The Morgan fingerprint density at radius 3 is 2.44 bits per heavy atom. The van der Waals surface area contributed by atoms with E-state index < -0.39 is 11.9 Å². The molecule has 0 aliphatic carbocycles. The normalized spacial score (nSPS) is 11.5. The number of hydrogen-bond donors (Lipinski definition) is 2. The lowest BCUT2D eigenvalue weighted by Gasteiger charge is -2.20. The molecule has 0 heterocycles. The SMILES string of the molecule is COc1ccc(C(=O)NC(C(=O)NN=Cc2cc(I)c(OCc3ccccc3C#N)c(OC)c2)C(C)C)cc1. The second-order valence-corrected chi connectivity index (χ2v) is 9.91. The van der Waals surface area contributed by atoms with Crippen LogP contribution in [0.2, 0.25) is 0 Å². The summed E-state index contributed by atoms with van der Waals surface area (Å²) in [7, 11) is 3.08. The predicted octanol–water partition coefficient (Wildman–Crippen LogP) is 4.66. The van der Waals surface area contributed by atoms with E-state index in [1.165, 1.54) is 13.3 Å². The van der Waals surface area contributed by atoms with Gasteiger partial charge in [0.2, 0.25) is 0 Å². The number of carbonyl (C=O) groups is 2. The largest absolute Gasteiger partial charge is 0.497 e. The number of rotatable bonds is 11. The Labute approximate surface area is 241 Å². The minimum Gasteiger partial charge on any atom is -0.497 e. The number of halogens is 1. The molecule has 3 aromatic carbocycles. The first-order valence-electron chi connectivity index (χ1n) is 12.0. The Bertz CT molecular complexity index is 1380. The van der Waals surface area contributed by atoms with Crippen molar-refractivity contribution in [1.29, 1.82) is 5.26 Å². The van der Waals surface area contributed by atoms with Crippen LogP contribution in [-0.4, -0.2) is 38.3 Å². The third kappa shape index (κ3) is 7.94. The number of benzene rings is 3. The Morgan fingerprint density at radius 2 is 1.79 bits per heavy atom. The van der Waals surface area contributed by atoms with E-state index in [0.717, 1.165) is 9.13 Å². The Balaban J connectivity index is 1.66. The van der Waals surface area contributed by atoms with Crippen LogP contribution in [-0.2, 0) is 11.4 Å². The van der Waals surface area contributed by atoms with Crippen LogP contribution in [0.15, 0.2) is 65.8 Å². The summed E-state index contributed by atoms with van der Waals surface area (Å²) in [6.45, 7) is 3.88. The van der Waals surface area contributed by atoms with Gasteiger partial charge in [-0.25, -0.2) is 5.43 Å². The number of methoxy groups -OCH3 is 2. The van der Waals surface area contributed by atoms with Gasteiger partial charge < -0.3 is 19.5 Å². The molecular formula is C29H29IN4O5. The Morgan fingerprint density at radius 1 is 1.08 bits per heavy atom. The minimum atomic E-state index is -0.793. The van der Waals surface area contributed by atoms with Crippen molar-refractivity contribution >= 4 is 40.6 Å². The van der Waals surface area contributed by atoms with E-state index in [4.69, 9.17) is 14.2 Å². The van der Waals surface area contributed by atoms with Crippen molar-refractivity contribution in [1.82, 2.24) is 10.7 Å². The van der Waals surface area contributed by atoms with E-state index >= 15 is 0 Å². The van der Waals surface area contributed by atoms with Gasteiger partial charge in [-0.3, -0.25) is 9.59 Å². The highest BCUT2D eigenvalue weighted by Crippen LogP contribution is 2.34. The molecule has 0 aliphatic heterocycles. The fourth-order valence-electron chi connectivity index (χ4n) is 3.60. The third-order valence-corrected chi connectivity index (χ3v) is 6.54. The standard InChI is InChI=1S/C29H29IN4O5/c1-18(2)26(33-28(35)20-9-11-23(37-3)12-10-20)29(36)34-32-16-19-13-24(30)27(25(14-19)38-4)39-17-22-8-6-5-7-21(22)15-31/h5-14,16,18,26H,17H2,1-4H3,(H,33,35)(H,34,36). The average molecular weight is 640 g/mol. The van der Waals surface area contributed by atoms with Gasteiger partial charge in [-0.15, -0.1) is 0 Å². The molecule has 1 unspecified atom stereocenters. The van der Waals surface area contributed by atoms with Gasteiger partial charge in [-0.2, -0.15) is 10.4 Å². The van der Waals surface area contributed by atoms with Crippen LogP contribution < -0.4 is 25.0 Å². The van der Waals surface area contributed by atoms with Gasteiger partial charge in [-0.05, 0) is 76.5 Å². The summed E-state index contributed by atoms with van der Waals surface area (Å²) in [5.74, 6) is 0.660. The monoisotopic (exact) mass is 640 g/mol. The zero-order chi connectivity index (χ0) is 28.4. The molecule has 1 atom stereocenters. The van der Waals surface area contributed by atoms with Crippen molar-refractivity contribution in [3.05, 3.63) is 86.5 Å². The van der Waals surface area contributed by atoms with E-state index in [1.54, 1.807) is 49.6 Å². The fraction of sp³-hybridized carbons (Fsp3) is 0.241. The molecule has 0 radical (unpaired) electrons. The number of ether oxygens (including phenoxy) is 3. The lowest BCUT2D eigenvalue weighted by molar-refractivity contribution is -0.123. The van der Waals surface area contributed by atoms with Crippen LogP contribution in [0.3, 0.4) is 0 Å². The number of hydrogen-bond acceptors (Lipinski definition) is 7. The third-order valence-electron chi connectivity index (χ3n) is 5.74. The molecule has 0 spiro atoms. The number of nitriles is 1. The highest BCUT2D eigenvalue weighted by atomic mass is 127. The van der Waals surface area contributed by atoms with Crippen LogP contribution in [0.25, 0.3) is 0 Å². The van der Waals surface area contributed by atoms with Crippen molar-refractivity contribution in [2.75, 3.05) is 14.2 Å². The molecule has 2 N–H and O–H groups in total. The summed E-state index contributed by atoms with van der Waals surface area (Å²) in [6.07, 6.45) is 1.49. The van der Waals surface area contributed by atoms with E-state index in [1.807, 2.05) is 32.0 Å². The number of nitrogens with one attached hydrogen (secondary N) is 2. The van der Waals surface area contributed by atoms with Crippen LogP contribution >= 0.6 is 22.6 Å². The maximum absolute atomic E-state index is 12.8. The first-order chi connectivity index (χ1) is 18.8.